The van der Waals surface area contributed by atoms with Crippen LogP contribution in [0.2, 0.25) is 0 Å². The van der Waals surface area contributed by atoms with Crippen molar-refractivity contribution < 1.29 is 0 Å². The molecule has 0 spiro atoms. The topological polar surface area (TPSA) is 55.0 Å². The monoisotopic (exact) mass is 314 g/mol. The third-order valence-electron chi connectivity index (χ3n) is 3.75. The molecule has 0 saturated heterocycles. The highest BCUT2D eigenvalue weighted by molar-refractivity contribution is 7.11. The highest BCUT2D eigenvalue weighted by Gasteiger charge is 2.23. The van der Waals surface area contributed by atoms with Gasteiger partial charge >= 0.3 is 0 Å². The van der Waals surface area contributed by atoms with Crippen molar-refractivity contribution in [3.63, 3.8) is 0 Å². The molecule has 6 heteroatoms. The maximum Gasteiger partial charge on any atom is 0.147 e. The van der Waals surface area contributed by atoms with E-state index in [9.17, 15) is 0 Å². The van der Waals surface area contributed by atoms with Crippen molar-refractivity contribution in [2.75, 3.05) is 17.2 Å². The van der Waals surface area contributed by atoms with Gasteiger partial charge in [0.1, 0.15) is 10.8 Å². The predicted molar refractivity (Wildman–Crippen MR) is 88.8 cm³/mol. The Kier molecular flexibility index (Phi) is 3.12. The van der Waals surface area contributed by atoms with E-state index in [4.69, 9.17) is 5.73 Å². The van der Waals surface area contributed by atoms with Gasteiger partial charge in [0.2, 0.25) is 0 Å². The lowest BCUT2D eigenvalue weighted by Gasteiger charge is -2.28. The van der Waals surface area contributed by atoms with Gasteiger partial charge in [-0.25, -0.2) is 0 Å². The molecule has 4 heterocycles. The molecule has 0 fully saturated rings. The van der Waals surface area contributed by atoms with Crippen LogP contribution in [0, 0.1) is 0 Å². The van der Waals surface area contributed by atoms with Crippen molar-refractivity contribution in [2.24, 2.45) is 0 Å². The number of rotatable bonds is 2. The lowest BCUT2D eigenvalue weighted by Crippen LogP contribution is -2.29. The minimum absolute atomic E-state index is 0.596. The van der Waals surface area contributed by atoms with E-state index in [1.807, 2.05) is 29.7 Å². The summed E-state index contributed by atoms with van der Waals surface area (Å²) < 4.78 is 4.36. The molecule has 0 atom stereocenters. The standard InChI is InChI=1S/C15H14N4S2/c16-14-13(10-2-1-5-17-8-10)15(21-18-14)19-6-3-12-11(9-19)4-7-20-12/h1-2,4-5,7-8H,3,6,9H2,(H2,16,18). The van der Waals surface area contributed by atoms with Crippen molar-refractivity contribution in [3.05, 3.63) is 46.4 Å². The maximum atomic E-state index is 6.10. The van der Waals surface area contributed by atoms with Crippen LogP contribution >= 0.6 is 22.9 Å². The molecule has 0 unspecified atom stereocenters. The smallest absolute Gasteiger partial charge is 0.147 e. The van der Waals surface area contributed by atoms with E-state index < -0.39 is 0 Å². The Morgan fingerprint density at radius 3 is 3.10 bits per heavy atom. The summed E-state index contributed by atoms with van der Waals surface area (Å²) in [5, 5.41) is 3.33. The number of hydrogen-bond donors (Lipinski definition) is 1. The van der Waals surface area contributed by atoms with Crippen molar-refractivity contribution >= 4 is 33.7 Å². The fourth-order valence-electron chi connectivity index (χ4n) is 2.71. The fraction of sp³-hybridized carbons (Fsp3) is 0.200. The van der Waals surface area contributed by atoms with Gasteiger partial charge in [-0.1, -0.05) is 6.07 Å². The first-order valence-electron chi connectivity index (χ1n) is 6.78. The number of nitrogens with zero attached hydrogens (tertiary/aromatic N) is 3. The number of anilines is 2. The number of thiophene rings is 1. The van der Waals surface area contributed by atoms with Crippen LogP contribution in [0.4, 0.5) is 10.8 Å². The molecule has 1 aliphatic rings. The summed E-state index contributed by atoms with van der Waals surface area (Å²) in [7, 11) is 0. The Hall–Kier alpha value is -1.92. The van der Waals surface area contributed by atoms with Crippen molar-refractivity contribution in [2.45, 2.75) is 13.0 Å². The largest absolute Gasteiger partial charge is 0.382 e. The van der Waals surface area contributed by atoms with Crippen LogP contribution in [0.1, 0.15) is 10.4 Å². The molecule has 4 rings (SSSR count). The zero-order chi connectivity index (χ0) is 14.2. The van der Waals surface area contributed by atoms with Gasteiger partial charge in [-0.15, -0.1) is 11.3 Å². The molecule has 0 radical (unpaired) electrons. The van der Waals surface area contributed by atoms with Crippen LogP contribution in [-0.4, -0.2) is 15.9 Å². The van der Waals surface area contributed by atoms with Gasteiger partial charge in [0.25, 0.3) is 0 Å². The summed E-state index contributed by atoms with van der Waals surface area (Å²) in [4.78, 5) is 8.09. The van der Waals surface area contributed by atoms with Gasteiger partial charge in [-0.2, -0.15) is 4.37 Å². The Morgan fingerprint density at radius 2 is 2.24 bits per heavy atom. The SMILES string of the molecule is Nc1nsc(N2CCc3sccc3C2)c1-c1cccnc1. The zero-order valence-corrected chi connectivity index (χ0v) is 13.0. The molecule has 0 aliphatic carbocycles. The molecule has 0 amide bonds. The van der Waals surface area contributed by atoms with E-state index in [2.05, 4.69) is 25.7 Å². The number of fused-ring (bicyclic) bond motifs is 1. The number of pyridine rings is 1. The summed E-state index contributed by atoms with van der Waals surface area (Å²) in [5.74, 6) is 0.596. The van der Waals surface area contributed by atoms with Crippen LogP contribution in [0.5, 0.6) is 0 Å². The molecule has 3 aromatic heterocycles. The minimum Gasteiger partial charge on any atom is -0.382 e. The molecule has 2 N–H and O–H groups in total. The molecule has 1 aliphatic heterocycles. The number of aromatic nitrogens is 2. The minimum atomic E-state index is 0.596. The maximum absolute atomic E-state index is 6.10. The molecule has 21 heavy (non-hydrogen) atoms. The molecular weight excluding hydrogens is 300 g/mol. The summed E-state index contributed by atoms with van der Waals surface area (Å²) in [5.41, 5.74) is 9.58. The van der Waals surface area contributed by atoms with Gasteiger partial charge in [0.15, 0.2) is 0 Å². The van der Waals surface area contributed by atoms with Crippen LogP contribution in [0.25, 0.3) is 11.1 Å². The van der Waals surface area contributed by atoms with Crippen molar-refractivity contribution in [1.29, 1.82) is 0 Å². The van der Waals surface area contributed by atoms with Gasteiger partial charge < -0.3 is 10.6 Å². The first-order chi connectivity index (χ1) is 10.3. The number of nitrogens with two attached hydrogens (primary N) is 1. The average molecular weight is 314 g/mol. The second-order valence-electron chi connectivity index (χ2n) is 5.03. The van der Waals surface area contributed by atoms with Gasteiger partial charge in [-0.3, -0.25) is 4.98 Å². The Bertz CT molecular complexity index is 763. The first-order valence-corrected chi connectivity index (χ1v) is 8.44. The molecular formula is C15H14N4S2. The van der Waals surface area contributed by atoms with E-state index in [1.165, 1.54) is 22.0 Å². The molecule has 3 aromatic rings. The number of hydrogen-bond acceptors (Lipinski definition) is 6. The molecule has 0 bridgehead atoms. The fourth-order valence-corrected chi connectivity index (χ4v) is 4.46. The van der Waals surface area contributed by atoms with Gasteiger partial charge in [-0.05, 0) is 41.0 Å². The highest BCUT2D eigenvalue weighted by Crippen LogP contribution is 2.41. The van der Waals surface area contributed by atoms with Crippen LogP contribution in [-0.2, 0) is 13.0 Å². The lowest BCUT2D eigenvalue weighted by molar-refractivity contribution is 0.751. The van der Waals surface area contributed by atoms with Crippen molar-refractivity contribution in [1.82, 2.24) is 9.36 Å². The summed E-state index contributed by atoms with van der Waals surface area (Å²) >= 11 is 3.34. The van der Waals surface area contributed by atoms with Gasteiger partial charge in [0, 0.05) is 35.9 Å². The Labute approximate surface area is 131 Å². The first kappa shape index (κ1) is 12.8. The number of nitrogen functional groups attached to an aromatic ring is 1. The summed E-state index contributed by atoms with van der Waals surface area (Å²) in [6, 6.07) is 6.19. The van der Waals surface area contributed by atoms with Crippen LogP contribution in [0.3, 0.4) is 0 Å². The molecule has 0 saturated carbocycles. The van der Waals surface area contributed by atoms with Crippen LogP contribution < -0.4 is 10.6 Å². The quantitative estimate of drug-likeness (QED) is 0.787. The van der Waals surface area contributed by atoms with E-state index in [-0.39, 0.29) is 0 Å². The van der Waals surface area contributed by atoms with Crippen molar-refractivity contribution in [3.8, 4) is 11.1 Å². The lowest BCUT2D eigenvalue weighted by atomic mass is 10.1. The van der Waals surface area contributed by atoms with E-state index in [0.29, 0.717) is 5.82 Å². The highest BCUT2D eigenvalue weighted by atomic mass is 32.1. The average Bonchev–Trinajstić information content (AvgIpc) is 3.13. The van der Waals surface area contributed by atoms with Gasteiger partial charge in [0.05, 0.1) is 5.56 Å². The molecule has 106 valence electrons. The third-order valence-corrected chi connectivity index (χ3v) is 5.69. The second kappa shape index (κ2) is 5.13. The normalized spacial score (nSPS) is 14.2. The van der Waals surface area contributed by atoms with E-state index >= 15 is 0 Å². The van der Waals surface area contributed by atoms with E-state index in [1.54, 1.807) is 6.20 Å². The summed E-state index contributed by atoms with van der Waals surface area (Å²) in [6.45, 7) is 1.95. The molecule has 4 nitrogen and oxygen atoms in total. The zero-order valence-electron chi connectivity index (χ0n) is 11.3. The van der Waals surface area contributed by atoms with E-state index in [0.717, 1.165) is 35.6 Å². The summed E-state index contributed by atoms with van der Waals surface area (Å²) in [6.07, 6.45) is 4.72. The Balaban J connectivity index is 1.74. The predicted octanol–water partition coefficient (Wildman–Crippen LogP) is 3.41. The second-order valence-corrected chi connectivity index (χ2v) is 6.78. The molecule has 0 aromatic carbocycles. The van der Waals surface area contributed by atoms with Crippen LogP contribution in [0.15, 0.2) is 36.0 Å². The third kappa shape index (κ3) is 2.20. The Morgan fingerprint density at radius 1 is 1.29 bits per heavy atom.